The van der Waals surface area contributed by atoms with Gasteiger partial charge in [0.15, 0.2) is 14.4 Å². The molecule has 0 aliphatic carbocycles. The number of nitrogens with one attached hydrogen (secondary N) is 1. The molecule has 0 heterocycles. The van der Waals surface area contributed by atoms with Crippen molar-refractivity contribution in [2.24, 2.45) is 0 Å². The van der Waals surface area contributed by atoms with E-state index in [0.29, 0.717) is 6.54 Å². The van der Waals surface area contributed by atoms with Crippen LogP contribution in [0, 0.1) is 0 Å². The zero-order valence-corrected chi connectivity index (χ0v) is 20.4. The fourth-order valence-electron chi connectivity index (χ4n) is 2.41. The van der Waals surface area contributed by atoms with Gasteiger partial charge >= 0.3 is 5.97 Å². The topological polar surface area (TPSA) is 83.5 Å². The number of likely N-dealkylation sites (N-methyl/N-ethyl adjacent to an activating group) is 1. The number of esters is 1. The van der Waals surface area contributed by atoms with Crippen LogP contribution in [0.15, 0.2) is 0 Å². The highest BCUT2D eigenvalue weighted by Crippen LogP contribution is 2.37. The summed E-state index contributed by atoms with van der Waals surface area (Å²) in [5.41, 5.74) is 2.18. The van der Waals surface area contributed by atoms with Crippen molar-refractivity contribution in [1.82, 2.24) is 15.3 Å². The van der Waals surface area contributed by atoms with Gasteiger partial charge in [0.2, 0.25) is 0 Å². The lowest BCUT2D eigenvalue weighted by molar-refractivity contribution is -0.154. The smallest absolute Gasteiger partial charge is 0.336 e. The van der Waals surface area contributed by atoms with Crippen LogP contribution in [0.2, 0.25) is 18.1 Å². The van der Waals surface area contributed by atoms with E-state index in [1.54, 1.807) is 0 Å². The summed E-state index contributed by atoms with van der Waals surface area (Å²) in [6.07, 6.45) is -0.00199. The van der Waals surface area contributed by atoms with Crippen LogP contribution in [0.3, 0.4) is 0 Å². The molecule has 2 N–H and O–H groups in total. The number of hydrogen-bond acceptors (Lipinski definition) is 8. The third-order valence-electron chi connectivity index (χ3n) is 5.17. The van der Waals surface area contributed by atoms with Crippen LogP contribution in [0.25, 0.3) is 0 Å². The Morgan fingerprint density at radius 2 is 1.79 bits per heavy atom. The van der Waals surface area contributed by atoms with E-state index in [2.05, 4.69) is 63.2 Å². The highest BCUT2D eigenvalue weighted by molar-refractivity contribution is 6.74. The first-order valence-electron chi connectivity index (χ1n) is 9.91. The van der Waals surface area contributed by atoms with Gasteiger partial charge in [0.25, 0.3) is 0 Å². The van der Waals surface area contributed by atoms with Gasteiger partial charge < -0.3 is 28.9 Å². The summed E-state index contributed by atoms with van der Waals surface area (Å²) in [5, 5.41) is 9.11. The maximum Gasteiger partial charge on any atom is 0.336 e. The standard InChI is InChI=1S/C19H43N3O5Si/c1-19(2,3)28(8,9)27-17(18(23)25-7)15-26-16(13-20-24)14-22(6)12-10-11-21(4)5/h16-17,20,24H,10-15H2,1-9H3. The average Bonchev–Trinajstić information content (AvgIpc) is 2.56. The van der Waals surface area contributed by atoms with Gasteiger partial charge in [-0.2, -0.15) is 0 Å². The molecule has 9 heteroatoms. The van der Waals surface area contributed by atoms with Crippen LogP contribution < -0.4 is 5.48 Å². The summed E-state index contributed by atoms with van der Waals surface area (Å²) < 4.78 is 17.1. The Morgan fingerprint density at radius 1 is 1.18 bits per heavy atom. The molecule has 0 bridgehead atoms. The SMILES string of the molecule is COC(=O)C(COC(CNO)CN(C)CCCN(C)C)O[Si](C)(C)C(C)(C)C. The van der Waals surface area contributed by atoms with Crippen molar-refractivity contribution in [3.63, 3.8) is 0 Å². The molecule has 0 rings (SSSR count). The second-order valence-corrected chi connectivity index (χ2v) is 13.9. The second kappa shape index (κ2) is 12.9. The summed E-state index contributed by atoms with van der Waals surface area (Å²) in [4.78, 5) is 16.5. The van der Waals surface area contributed by atoms with Crippen molar-refractivity contribution in [2.45, 2.75) is 57.5 Å². The molecular formula is C19H43N3O5Si. The Balaban J connectivity index is 4.84. The Hall–Kier alpha value is -0.553. The number of carbonyl (C=O) groups is 1. The molecule has 8 nitrogen and oxygen atoms in total. The number of rotatable bonds is 14. The van der Waals surface area contributed by atoms with Crippen LogP contribution in [0.5, 0.6) is 0 Å². The van der Waals surface area contributed by atoms with E-state index < -0.39 is 20.4 Å². The van der Waals surface area contributed by atoms with Crippen molar-refractivity contribution in [3.05, 3.63) is 0 Å². The first kappa shape index (κ1) is 27.4. The molecule has 0 aromatic heterocycles. The fraction of sp³-hybridized carbons (Fsp3) is 0.947. The maximum absolute atomic E-state index is 12.2. The fourth-order valence-corrected chi connectivity index (χ4v) is 3.64. The maximum atomic E-state index is 12.2. The number of hydrogen-bond donors (Lipinski definition) is 2. The molecule has 0 fully saturated rings. The van der Waals surface area contributed by atoms with Crippen molar-refractivity contribution in [2.75, 3.05) is 61.0 Å². The lowest BCUT2D eigenvalue weighted by atomic mass is 10.2. The lowest BCUT2D eigenvalue weighted by Gasteiger charge is -2.38. The van der Waals surface area contributed by atoms with E-state index >= 15 is 0 Å². The molecule has 0 aromatic carbocycles. The Labute approximate surface area is 172 Å². The number of carbonyl (C=O) groups excluding carboxylic acids is 1. The van der Waals surface area contributed by atoms with Crippen LogP contribution in [-0.2, 0) is 18.7 Å². The molecule has 0 aliphatic rings. The summed E-state index contributed by atoms with van der Waals surface area (Å²) in [6.45, 7) is 13.5. The van der Waals surface area contributed by atoms with Crippen LogP contribution in [0.4, 0.5) is 0 Å². The minimum atomic E-state index is -2.16. The largest absolute Gasteiger partial charge is 0.467 e. The van der Waals surface area contributed by atoms with E-state index in [1.165, 1.54) is 7.11 Å². The second-order valence-electron chi connectivity index (χ2n) is 9.13. The third-order valence-corrected chi connectivity index (χ3v) is 9.66. The number of hydroxylamine groups is 1. The Morgan fingerprint density at radius 3 is 2.25 bits per heavy atom. The van der Waals surface area contributed by atoms with Gasteiger partial charge in [-0.1, -0.05) is 20.8 Å². The summed E-state index contributed by atoms with van der Waals surface area (Å²) >= 11 is 0. The Kier molecular flexibility index (Phi) is 12.6. The quantitative estimate of drug-likeness (QED) is 0.250. The van der Waals surface area contributed by atoms with Crippen molar-refractivity contribution >= 4 is 14.3 Å². The summed E-state index contributed by atoms with van der Waals surface area (Å²) in [6, 6.07) is 0. The molecule has 0 aliphatic heterocycles. The molecule has 0 aromatic rings. The van der Waals surface area contributed by atoms with Gasteiger partial charge in [0, 0.05) is 13.1 Å². The van der Waals surface area contributed by atoms with E-state index in [4.69, 9.17) is 19.1 Å². The van der Waals surface area contributed by atoms with E-state index in [0.717, 1.165) is 19.5 Å². The molecule has 0 spiro atoms. The van der Waals surface area contributed by atoms with Gasteiger partial charge in [0.05, 0.1) is 19.8 Å². The summed E-state index contributed by atoms with van der Waals surface area (Å²) in [7, 11) is 5.32. The highest BCUT2D eigenvalue weighted by Gasteiger charge is 2.41. The normalized spacial score (nSPS) is 15.1. The van der Waals surface area contributed by atoms with Gasteiger partial charge in [-0.3, -0.25) is 0 Å². The predicted molar refractivity (Wildman–Crippen MR) is 114 cm³/mol. The van der Waals surface area contributed by atoms with Gasteiger partial charge in [-0.25, -0.2) is 10.3 Å². The third kappa shape index (κ3) is 10.8. The van der Waals surface area contributed by atoms with Gasteiger partial charge in [0.1, 0.15) is 0 Å². The minimum absolute atomic E-state index is 0.0298. The van der Waals surface area contributed by atoms with Crippen molar-refractivity contribution in [3.8, 4) is 0 Å². The lowest BCUT2D eigenvalue weighted by Crippen LogP contribution is -2.49. The van der Waals surface area contributed by atoms with Crippen LogP contribution in [0.1, 0.15) is 27.2 Å². The van der Waals surface area contributed by atoms with Gasteiger partial charge in [-0.15, -0.1) is 0 Å². The van der Waals surface area contributed by atoms with E-state index in [-0.39, 0.29) is 24.3 Å². The zero-order valence-electron chi connectivity index (χ0n) is 19.4. The van der Waals surface area contributed by atoms with Crippen molar-refractivity contribution < 1.29 is 23.9 Å². The average molecular weight is 422 g/mol. The molecule has 28 heavy (non-hydrogen) atoms. The molecule has 168 valence electrons. The molecule has 2 atom stereocenters. The zero-order chi connectivity index (χ0) is 22.0. The molecular weight excluding hydrogens is 378 g/mol. The van der Waals surface area contributed by atoms with E-state index in [9.17, 15) is 4.79 Å². The van der Waals surface area contributed by atoms with Crippen molar-refractivity contribution in [1.29, 1.82) is 0 Å². The molecule has 0 radical (unpaired) electrons. The number of ether oxygens (including phenoxy) is 2. The monoisotopic (exact) mass is 421 g/mol. The Bertz CT molecular complexity index is 444. The highest BCUT2D eigenvalue weighted by atomic mass is 28.4. The van der Waals surface area contributed by atoms with Gasteiger partial charge in [-0.05, 0) is 58.8 Å². The first-order valence-corrected chi connectivity index (χ1v) is 12.8. The van der Waals surface area contributed by atoms with Crippen LogP contribution >= 0.6 is 0 Å². The summed E-state index contributed by atoms with van der Waals surface area (Å²) in [5.74, 6) is -0.431. The molecule has 2 unspecified atom stereocenters. The predicted octanol–water partition coefficient (Wildman–Crippen LogP) is 1.80. The first-order chi connectivity index (χ1) is 12.8. The van der Waals surface area contributed by atoms with Crippen LogP contribution in [-0.4, -0.2) is 103 Å². The van der Waals surface area contributed by atoms with E-state index in [1.807, 2.05) is 7.05 Å². The molecule has 0 saturated carbocycles. The molecule has 0 amide bonds. The molecule has 0 saturated heterocycles. The number of nitrogens with zero attached hydrogens (tertiary/aromatic N) is 2. The minimum Gasteiger partial charge on any atom is -0.467 e. The number of methoxy groups -OCH3 is 1.